The Labute approximate surface area is 219 Å². The summed E-state index contributed by atoms with van der Waals surface area (Å²) in [5.74, 6) is 0.348. The molecule has 9 nitrogen and oxygen atoms in total. The van der Waals surface area contributed by atoms with Crippen LogP contribution in [0.3, 0.4) is 0 Å². The van der Waals surface area contributed by atoms with Crippen LogP contribution in [0.1, 0.15) is 42.9 Å². The molecule has 10 heteroatoms. The van der Waals surface area contributed by atoms with Gasteiger partial charge in [0.05, 0.1) is 25.7 Å². The van der Waals surface area contributed by atoms with E-state index in [1.54, 1.807) is 0 Å². The zero-order valence-electron chi connectivity index (χ0n) is 21.4. The lowest BCUT2D eigenvalue weighted by atomic mass is 9.82. The molecule has 1 aromatic carbocycles. The molecule has 36 heavy (non-hydrogen) atoms. The summed E-state index contributed by atoms with van der Waals surface area (Å²) in [7, 11) is 1.32. The molecule has 0 bridgehead atoms. The van der Waals surface area contributed by atoms with E-state index in [4.69, 9.17) is 26.8 Å². The lowest BCUT2D eigenvalue weighted by Gasteiger charge is -2.35. The summed E-state index contributed by atoms with van der Waals surface area (Å²) in [6.45, 7) is 6.02. The molecule has 2 saturated heterocycles. The summed E-state index contributed by atoms with van der Waals surface area (Å²) in [6.07, 6.45) is 2.96. The number of benzene rings is 1. The lowest BCUT2D eigenvalue weighted by molar-refractivity contribution is -0.126. The first kappa shape index (κ1) is 28.7. The molecule has 2 aliphatic rings. The van der Waals surface area contributed by atoms with E-state index in [0.29, 0.717) is 50.1 Å². The standard InChI is InChI=1S/C26H41ClN4O5/c1-17-5-6-21(27)12-23(17)24(36-9-7-30-26(33)34-2)19-11-20(14-29-13-19)25(32)31-15-22(28)10-18-4-3-8-35-16-18/h5-6,12,18-20,22,24,29H,3-4,7-11,13-16,28H2,1-2H3,(H,30,33)(H,31,32)/t18-,19?,20?,22-,24-/m1/s1. The van der Waals surface area contributed by atoms with Crippen molar-refractivity contribution in [3.05, 3.63) is 34.3 Å². The maximum atomic E-state index is 13.0. The Morgan fingerprint density at radius 2 is 2.14 bits per heavy atom. The van der Waals surface area contributed by atoms with Gasteiger partial charge in [-0.25, -0.2) is 4.79 Å². The third-order valence-corrected chi connectivity index (χ3v) is 7.25. The molecule has 1 aromatic rings. The molecule has 2 heterocycles. The number of amides is 2. The van der Waals surface area contributed by atoms with E-state index < -0.39 is 6.09 Å². The van der Waals surface area contributed by atoms with Crippen LogP contribution in [0.5, 0.6) is 0 Å². The van der Waals surface area contributed by atoms with Crippen LogP contribution < -0.4 is 21.7 Å². The predicted molar refractivity (Wildman–Crippen MR) is 139 cm³/mol. The van der Waals surface area contributed by atoms with Crippen LogP contribution in [-0.4, -0.2) is 71.2 Å². The van der Waals surface area contributed by atoms with Gasteiger partial charge in [-0.15, -0.1) is 0 Å². The molecule has 2 fully saturated rings. The molecule has 0 spiro atoms. The fourth-order valence-corrected chi connectivity index (χ4v) is 5.28. The summed E-state index contributed by atoms with van der Waals surface area (Å²) in [5.41, 5.74) is 8.36. The average molecular weight is 525 g/mol. The number of ether oxygens (including phenoxy) is 3. The maximum absolute atomic E-state index is 13.0. The van der Waals surface area contributed by atoms with Crippen molar-refractivity contribution < 1.29 is 23.8 Å². The molecule has 5 atom stereocenters. The van der Waals surface area contributed by atoms with E-state index in [9.17, 15) is 9.59 Å². The number of halogens is 1. The van der Waals surface area contributed by atoms with Crippen molar-refractivity contribution in [2.24, 2.45) is 23.5 Å². The van der Waals surface area contributed by atoms with Gasteiger partial charge in [0, 0.05) is 56.4 Å². The molecule has 0 saturated carbocycles. The van der Waals surface area contributed by atoms with Gasteiger partial charge in [0.1, 0.15) is 0 Å². The van der Waals surface area contributed by atoms with Crippen molar-refractivity contribution in [1.82, 2.24) is 16.0 Å². The predicted octanol–water partition coefficient (Wildman–Crippen LogP) is 2.55. The van der Waals surface area contributed by atoms with Crippen LogP contribution in [0.2, 0.25) is 5.02 Å². The fourth-order valence-electron chi connectivity index (χ4n) is 5.10. The smallest absolute Gasteiger partial charge is 0.406 e. The summed E-state index contributed by atoms with van der Waals surface area (Å²) >= 11 is 6.31. The molecular formula is C26H41ClN4O5. The number of nitrogens with one attached hydrogen (secondary N) is 3. The number of carbonyl (C=O) groups excluding carboxylic acids is 2. The van der Waals surface area contributed by atoms with Crippen molar-refractivity contribution in [3.8, 4) is 0 Å². The topological polar surface area (TPSA) is 124 Å². The Hall–Kier alpha value is -1.91. The normalized spacial score (nSPS) is 23.9. The van der Waals surface area contributed by atoms with E-state index in [-0.39, 0.29) is 29.9 Å². The molecule has 2 unspecified atom stereocenters. The Bertz CT molecular complexity index is 852. The van der Waals surface area contributed by atoms with E-state index >= 15 is 0 Å². The number of methoxy groups -OCH3 is 1. The van der Waals surface area contributed by atoms with Gasteiger partial charge in [-0.3, -0.25) is 4.79 Å². The van der Waals surface area contributed by atoms with Crippen LogP contribution in [0.15, 0.2) is 18.2 Å². The first-order chi connectivity index (χ1) is 17.4. The molecule has 0 aliphatic carbocycles. The highest BCUT2D eigenvalue weighted by molar-refractivity contribution is 6.30. The van der Waals surface area contributed by atoms with Crippen LogP contribution >= 0.6 is 11.6 Å². The van der Waals surface area contributed by atoms with E-state index in [1.165, 1.54) is 7.11 Å². The molecule has 2 aliphatic heterocycles. The van der Waals surface area contributed by atoms with Crippen molar-refractivity contribution in [2.75, 3.05) is 53.1 Å². The summed E-state index contributed by atoms with van der Waals surface area (Å²) in [4.78, 5) is 24.4. The van der Waals surface area contributed by atoms with Crippen LogP contribution in [0.25, 0.3) is 0 Å². The van der Waals surface area contributed by atoms with E-state index in [2.05, 4.69) is 20.7 Å². The summed E-state index contributed by atoms with van der Waals surface area (Å²) < 4.78 is 16.4. The van der Waals surface area contributed by atoms with Gasteiger partial charge >= 0.3 is 6.09 Å². The zero-order chi connectivity index (χ0) is 25.9. The third-order valence-electron chi connectivity index (χ3n) is 7.01. The van der Waals surface area contributed by atoms with Crippen molar-refractivity contribution in [1.29, 1.82) is 0 Å². The average Bonchev–Trinajstić information content (AvgIpc) is 2.89. The number of hydrogen-bond acceptors (Lipinski definition) is 7. The van der Waals surface area contributed by atoms with Gasteiger partial charge in [0.2, 0.25) is 5.91 Å². The van der Waals surface area contributed by atoms with Gasteiger partial charge in [0.25, 0.3) is 0 Å². The van der Waals surface area contributed by atoms with Gasteiger partial charge in [0.15, 0.2) is 0 Å². The van der Waals surface area contributed by atoms with Crippen LogP contribution in [-0.2, 0) is 19.0 Å². The monoisotopic (exact) mass is 524 g/mol. The van der Waals surface area contributed by atoms with Gasteiger partial charge < -0.3 is 35.9 Å². The van der Waals surface area contributed by atoms with Crippen molar-refractivity contribution in [3.63, 3.8) is 0 Å². The number of aryl methyl sites for hydroxylation is 1. The number of rotatable bonds is 11. The quantitative estimate of drug-likeness (QED) is 0.328. The second-order valence-corrected chi connectivity index (χ2v) is 10.3. The third kappa shape index (κ3) is 8.88. The largest absolute Gasteiger partial charge is 0.453 e. The van der Waals surface area contributed by atoms with Crippen molar-refractivity contribution in [2.45, 2.75) is 44.8 Å². The minimum Gasteiger partial charge on any atom is -0.453 e. The molecule has 202 valence electrons. The second-order valence-electron chi connectivity index (χ2n) is 9.89. The fraction of sp³-hybridized carbons (Fsp3) is 0.692. The highest BCUT2D eigenvalue weighted by Crippen LogP contribution is 2.35. The van der Waals surface area contributed by atoms with Gasteiger partial charge in [-0.05, 0) is 61.8 Å². The molecule has 0 radical (unpaired) electrons. The first-order valence-electron chi connectivity index (χ1n) is 12.9. The first-order valence-corrected chi connectivity index (χ1v) is 13.3. The number of nitrogens with two attached hydrogens (primary N) is 1. The highest BCUT2D eigenvalue weighted by Gasteiger charge is 2.34. The Morgan fingerprint density at radius 1 is 1.31 bits per heavy atom. The molecule has 5 N–H and O–H groups in total. The molecule has 0 aromatic heterocycles. The van der Waals surface area contributed by atoms with Crippen LogP contribution in [0, 0.1) is 24.7 Å². The second kappa shape index (κ2) is 14.7. The summed E-state index contributed by atoms with van der Waals surface area (Å²) in [5, 5.41) is 9.75. The number of carbonyl (C=O) groups is 2. The van der Waals surface area contributed by atoms with E-state index in [1.807, 2.05) is 25.1 Å². The Kier molecular flexibility index (Phi) is 11.7. The van der Waals surface area contributed by atoms with Crippen molar-refractivity contribution >= 4 is 23.6 Å². The molecule has 3 rings (SSSR count). The Balaban J connectivity index is 1.58. The van der Waals surface area contributed by atoms with Gasteiger partial charge in [-0.2, -0.15) is 0 Å². The summed E-state index contributed by atoms with van der Waals surface area (Å²) in [6, 6.07) is 5.67. The minimum absolute atomic E-state index is 0.0106. The van der Waals surface area contributed by atoms with Gasteiger partial charge in [-0.1, -0.05) is 17.7 Å². The maximum Gasteiger partial charge on any atom is 0.406 e. The minimum atomic E-state index is -0.501. The van der Waals surface area contributed by atoms with E-state index in [0.717, 1.165) is 43.6 Å². The lowest BCUT2D eigenvalue weighted by Crippen LogP contribution is -2.48. The highest BCUT2D eigenvalue weighted by atomic mass is 35.5. The molecular weight excluding hydrogens is 484 g/mol. The number of alkyl carbamates (subject to hydrolysis) is 1. The molecule has 2 amide bonds. The zero-order valence-corrected chi connectivity index (χ0v) is 22.1. The number of piperidine rings is 1. The SMILES string of the molecule is COC(=O)NCCO[C@@H](c1cc(Cl)ccc1C)C1CNCC(C(=O)NC[C@H](N)C[C@H]2CCCOC2)C1. The van der Waals surface area contributed by atoms with Crippen LogP contribution in [0.4, 0.5) is 4.79 Å². The Morgan fingerprint density at radius 3 is 2.89 bits per heavy atom. The number of hydrogen-bond donors (Lipinski definition) is 4.